The van der Waals surface area contributed by atoms with Crippen molar-refractivity contribution in [3.05, 3.63) is 95.1 Å². The fourth-order valence-corrected chi connectivity index (χ4v) is 3.65. The lowest BCUT2D eigenvalue weighted by molar-refractivity contribution is -0.131. The van der Waals surface area contributed by atoms with Crippen molar-refractivity contribution in [1.82, 2.24) is 10.2 Å². The number of amides is 2. The Kier molecular flexibility index (Phi) is 5.04. The van der Waals surface area contributed by atoms with Crippen LogP contribution in [0.15, 0.2) is 72.8 Å². The molecule has 0 unspecified atom stereocenters. The van der Waals surface area contributed by atoms with Crippen molar-refractivity contribution in [3.63, 3.8) is 0 Å². The molecule has 1 aliphatic heterocycles. The topological polar surface area (TPSA) is 58.6 Å². The van der Waals surface area contributed by atoms with Crippen molar-refractivity contribution >= 4 is 11.8 Å². The highest BCUT2D eigenvalue weighted by atomic mass is 16.5. The number of para-hydroxylation sites is 2. The molecule has 0 spiro atoms. The zero-order valence-corrected chi connectivity index (χ0v) is 16.4. The van der Waals surface area contributed by atoms with E-state index in [4.69, 9.17) is 4.74 Å². The predicted octanol–water partition coefficient (Wildman–Crippen LogP) is 3.94. The number of carbonyl (C=O) groups is 2. The molecule has 4 rings (SSSR count). The highest BCUT2D eigenvalue weighted by Gasteiger charge is 2.34. The SMILES string of the molecule is CNC(=O)c1ccc(CN(C)C(=O)C2c3ccccc3Oc3ccccc32)cc1. The minimum absolute atomic E-state index is 0.00331. The molecule has 0 aliphatic carbocycles. The first-order chi connectivity index (χ1) is 14.1. The summed E-state index contributed by atoms with van der Waals surface area (Å²) in [5, 5.41) is 2.61. The molecule has 2 amide bonds. The van der Waals surface area contributed by atoms with Crippen LogP contribution in [0.5, 0.6) is 11.5 Å². The Bertz CT molecular complexity index is 1010. The zero-order valence-electron chi connectivity index (χ0n) is 16.4. The molecule has 29 heavy (non-hydrogen) atoms. The average molecular weight is 386 g/mol. The number of carbonyl (C=O) groups excluding carboxylic acids is 2. The molecule has 1 aliphatic rings. The Hall–Kier alpha value is -3.60. The minimum Gasteiger partial charge on any atom is -0.457 e. The number of nitrogens with zero attached hydrogens (tertiary/aromatic N) is 1. The number of nitrogens with one attached hydrogen (secondary N) is 1. The monoisotopic (exact) mass is 386 g/mol. The number of likely N-dealkylation sites (N-methyl/N-ethyl adjacent to an activating group) is 1. The van der Waals surface area contributed by atoms with Gasteiger partial charge in [0.15, 0.2) is 0 Å². The van der Waals surface area contributed by atoms with E-state index in [9.17, 15) is 9.59 Å². The maximum absolute atomic E-state index is 13.5. The summed E-state index contributed by atoms with van der Waals surface area (Å²) in [5.74, 6) is 0.895. The molecule has 1 N–H and O–H groups in total. The summed E-state index contributed by atoms with van der Waals surface area (Å²) < 4.78 is 5.99. The molecular weight excluding hydrogens is 364 g/mol. The van der Waals surface area contributed by atoms with Crippen LogP contribution in [-0.4, -0.2) is 30.8 Å². The Morgan fingerprint density at radius 1 is 0.897 bits per heavy atom. The van der Waals surface area contributed by atoms with E-state index < -0.39 is 5.92 Å². The second-order valence-corrected chi connectivity index (χ2v) is 7.08. The van der Waals surface area contributed by atoms with Gasteiger partial charge in [-0.05, 0) is 29.8 Å². The van der Waals surface area contributed by atoms with Crippen molar-refractivity contribution < 1.29 is 14.3 Å². The molecule has 0 radical (unpaired) electrons. The van der Waals surface area contributed by atoms with Crippen LogP contribution in [0.3, 0.4) is 0 Å². The minimum atomic E-state index is -0.411. The second-order valence-electron chi connectivity index (χ2n) is 7.08. The first-order valence-corrected chi connectivity index (χ1v) is 9.50. The Morgan fingerprint density at radius 3 is 2.00 bits per heavy atom. The third-order valence-electron chi connectivity index (χ3n) is 5.17. The predicted molar refractivity (Wildman–Crippen MR) is 111 cm³/mol. The standard InChI is InChI=1S/C24H22N2O3/c1-25-23(27)17-13-11-16(12-14-17)15-26(2)24(28)22-18-7-3-5-9-20(18)29-21-10-6-4-8-19(21)22/h3-14,22H,15H2,1-2H3,(H,25,27). The Balaban J connectivity index is 1.60. The van der Waals surface area contributed by atoms with E-state index in [1.807, 2.05) is 60.7 Å². The molecule has 5 nitrogen and oxygen atoms in total. The van der Waals surface area contributed by atoms with E-state index in [1.54, 1.807) is 31.1 Å². The smallest absolute Gasteiger partial charge is 0.251 e. The molecule has 0 aromatic heterocycles. The van der Waals surface area contributed by atoms with Crippen molar-refractivity contribution in [3.8, 4) is 11.5 Å². The second kappa shape index (κ2) is 7.80. The zero-order chi connectivity index (χ0) is 20.4. The summed E-state index contributed by atoms with van der Waals surface area (Å²) in [7, 11) is 3.40. The fourth-order valence-electron chi connectivity index (χ4n) is 3.65. The van der Waals surface area contributed by atoms with Crippen LogP contribution in [0.1, 0.15) is 33.0 Å². The van der Waals surface area contributed by atoms with Crippen molar-refractivity contribution in [2.45, 2.75) is 12.5 Å². The van der Waals surface area contributed by atoms with Crippen LogP contribution >= 0.6 is 0 Å². The van der Waals surface area contributed by atoms with Gasteiger partial charge < -0.3 is 15.0 Å². The summed E-state index contributed by atoms with van der Waals surface area (Å²) in [5.41, 5.74) is 3.30. The van der Waals surface area contributed by atoms with E-state index in [1.165, 1.54) is 0 Å². The van der Waals surface area contributed by atoms with Crippen molar-refractivity contribution in [2.24, 2.45) is 0 Å². The molecule has 0 atom stereocenters. The van der Waals surface area contributed by atoms with Crippen molar-refractivity contribution in [2.75, 3.05) is 14.1 Å². The molecular formula is C24H22N2O3. The van der Waals surface area contributed by atoms with Crippen LogP contribution in [0, 0.1) is 0 Å². The lowest BCUT2D eigenvalue weighted by atomic mass is 9.87. The van der Waals surface area contributed by atoms with Gasteiger partial charge in [0.2, 0.25) is 5.91 Å². The maximum Gasteiger partial charge on any atom is 0.251 e. The molecule has 3 aromatic rings. The third-order valence-corrected chi connectivity index (χ3v) is 5.17. The number of hydrogen-bond donors (Lipinski definition) is 1. The first-order valence-electron chi connectivity index (χ1n) is 9.50. The van der Waals surface area contributed by atoms with Gasteiger partial charge in [-0.2, -0.15) is 0 Å². The van der Waals surface area contributed by atoms with Gasteiger partial charge in [0.05, 0.1) is 5.92 Å². The van der Waals surface area contributed by atoms with Crippen molar-refractivity contribution in [1.29, 1.82) is 0 Å². The van der Waals surface area contributed by atoms with Gasteiger partial charge in [0, 0.05) is 37.3 Å². The Morgan fingerprint density at radius 2 is 1.45 bits per heavy atom. The normalized spacial score (nSPS) is 12.3. The number of benzene rings is 3. The lowest BCUT2D eigenvalue weighted by Crippen LogP contribution is -2.33. The van der Waals surface area contributed by atoms with E-state index >= 15 is 0 Å². The summed E-state index contributed by atoms with van der Waals surface area (Å²) in [6, 6.07) is 22.6. The summed E-state index contributed by atoms with van der Waals surface area (Å²) >= 11 is 0. The van der Waals surface area contributed by atoms with Gasteiger partial charge in [-0.25, -0.2) is 0 Å². The molecule has 0 bridgehead atoms. The van der Waals surface area contributed by atoms with E-state index in [0.29, 0.717) is 23.6 Å². The first kappa shape index (κ1) is 18.7. The average Bonchev–Trinajstić information content (AvgIpc) is 2.76. The summed E-state index contributed by atoms with van der Waals surface area (Å²) in [4.78, 5) is 26.9. The molecule has 0 fully saturated rings. The summed E-state index contributed by atoms with van der Waals surface area (Å²) in [6.07, 6.45) is 0. The van der Waals surface area contributed by atoms with Crippen LogP contribution in [0.25, 0.3) is 0 Å². The van der Waals surface area contributed by atoms with Crippen LogP contribution < -0.4 is 10.1 Å². The number of hydrogen-bond acceptors (Lipinski definition) is 3. The molecule has 1 heterocycles. The highest BCUT2D eigenvalue weighted by molar-refractivity contribution is 5.94. The number of rotatable bonds is 4. The van der Waals surface area contributed by atoms with Gasteiger partial charge in [-0.3, -0.25) is 9.59 Å². The van der Waals surface area contributed by atoms with Crippen LogP contribution in [0.4, 0.5) is 0 Å². The number of fused-ring (bicyclic) bond motifs is 2. The molecule has 5 heteroatoms. The van der Waals surface area contributed by atoms with E-state index in [2.05, 4.69) is 5.32 Å². The van der Waals surface area contributed by atoms with Crippen LogP contribution in [-0.2, 0) is 11.3 Å². The quantitative estimate of drug-likeness (QED) is 0.739. The highest BCUT2D eigenvalue weighted by Crippen LogP contribution is 2.44. The number of ether oxygens (including phenoxy) is 1. The molecule has 0 saturated carbocycles. The third kappa shape index (κ3) is 3.59. The largest absolute Gasteiger partial charge is 0.457 e. The van der Waals surface area contributed by atoms with Gasteiger partial charge >= 0.3 is 0 Å². The van der Waals surface area contributed by atoms with Gasteiger partial charge in [0.1, 0.15) is 11.5 Å². The van der Waals surface area contributed by atoms with Gasteiger partial charge in [-0.1, -0.05) is 48.5 Å². The summed E-state index contributed by atoms with van der Waals surface area (Å²) in [6.45, 7) is 0.453. The molecule has 146 valence electrons. The maximum atomic E-state index is 13.5. The lowest BCUT2D eigenvalue weighted by Gasteiger charge is -2.30. The molecule has 0 saturated heterocycles. The van der Waals surface area contributed by atoms with E-state index in [-0.39, 0.29) is 11.8 Å². The molecule has 3 aromatic carbocycles. The fraction of sp³-hybridized carbons (Fsp3) is 0.167. The Labute approximate surface area is 169 Å². The van der Waals surface area contributed by atoms with E-state index in [0.717, 1.165) is 16.7 Å². The van der Waals surface area contributed by atoms with Gasteiger partial charge in [0.25, 0.3) is 5.91 Å². The van der Waals surface area contributed by atoms with Gasteiger partial charge in [-0.15, -0.1) is 0 Å². The van der Waals surface area contributed by atoms with Crippen LogP contribution in [0.2, 0.25) is 0 Å².